The highest BCUT2D eigenvalue weighted by Gasteiger charge is 2.16. The number of imidazole rings is 1. The highest BCUT2D eigenvalue weighted by Crippen LogP contribution is 2.22. The molecular weight excluding hydrogens is 290 g/mol. The van der Waals surface area contributed by atoms with Crippen LogP contribution in [0.25, 0.3) is 11.5 Å². The van der Waals surface area contributed by atoms with E-state index in [1.54, 1.807) is 29.4 Å². The number of nitrogens with zero attached hydrogens (tertiary/aromatic N) is 4. The molecule has 0 saturated heterocycles. The van der Waals surface area contributed by atoms with E-state index >= 15 is 0 Å². The first-order valence-electron chi connectivity index (χ1n) is 6.55. The molecule has 22 heavy (non-hydrogen) atoms. The summed E-state index contributed by atoms with van der Waals surface area (Å²) in [5.74, 6) is -0.959. The van der Waals surface area contributed by atoms with Crippen molar-refractivity contribution in [1.29, 1.82) is 0 Å². The fraction of sp³-hybridized carbons (Fsp3) is 0.133. The van der Waals surface area contributed by atoms with Crippen molar-refractivity contribution in [3.8, 4) is 11.5 Å². The Morgan fingerprint density at radius 1 is 1.14 bits per heavy atom. The lowest BCUT2D eigenvalue weighted by atomic mass is 10.1. The monoisotopic (exact) mass is 302 g/mol. The number of hydrogen-bond acceptors (Lipinski definition) is 4. The van der Waals surface area contributed by atoms with E-state index in [1.807, 2.05) is 0 Å². The first-order valence-corrected chi connectivity index (χ1v) is 6.55. The lowest BCUT2D eigenvalue weighted by Crippen LogP contribution is -2.11. The van der Waals surface area contributed by atoms with Gasteiger partial charge >= 0.3 is 0 Å². The van der Waals surface area contributed by atoms with Gasteiger partial charge in [-0.25, -0.2) is 18.7 Å². The van der Waals surface area contributed by atoms with Crippen molar-refractivity contribution < 1.29 is 13.9 Å². The van der Waals surface area contributed by atoms with E-state index in [-0.39, 0.29) is 12.1 Å². The van der Waals surface area contributed by atoms with Crippen molar-refractivity contribution in [2.45, 2.75) is 12.6 Å². The molecule has 0 aliphatic carbocycles. The topological polar surface area (TPSA) is 63.8 Å². The van der Waals surface area contributed by atoms with Crippen LogP contribution < -0.4 is 0 Å². The maximum atomic E-state index is 13.7. The summed E-state index contributed by atoms with van der Waals surface area (Å²) in [7, 11) is 0. The van der Waals surface area contributed by atoms with Gasteiger partial charge < -0.3 is 9.67 Å². The van der Waals surface area contributed by atoms with Crippen LogP contribution in [0, 0.1) is 11.6 Å². The number of aromatic nitrogens is 4. The summed E-state index contributed by atoms with van der Waals surface area (Å²) in [6.45, 7) is 0.0639. The summed E-state index contributed by atoms with van der Waals surface area (Å²) >= 11 is 0. The fourth-order valence-corrected chi connectivity index (χ4v) is 2.16. The lowest BCUT2D eigenvalue weighted by Gasteiger charge is -2.14. The average Bonchev–Trinajstić information content (AvgIpc) is 2.96. The number of halogens is 2. The van der Waals surface area contributed by atoms with Crippen LogP contribution in [0.3, 0.4) is 0 Å². The number of aliphatic hydroxyl groups excluding tert-OH is 1. The molecule has 0 aliphatic heterocycles. The Labute approximate surface area is 124 Å². The van der Waals surface area contributed by atoms with Crippen molar-refractivity contribution >= 4 is 0 Å². The predicted molar refractivity (Wildman–Crippen MR) is 74.6 cm³/mol. The second-order valence-corrected chi connectivity index (χ2v) is 4.68. The van der Waals surface area contributed by atoms with E-state index in [2.05, 4.69) is 15.0 Å². The molecule has 1 unspecified atom stereocenters. The highest BCUT2D eigenvalue weighted by molar-refractivity contribution is 5.47. The lowest BCUT2D eigenvalue weighted by molar-refractivity contribution is 0.152. The highest BCUT2D eigenvalue weighted by atomic mass is 19.1. The fourth-order valence-electron chi connectivity index (χ4n) is 2.16. The number of rotatable bonds is 4. The molecule has 0 radical (unpaired) electrons. The van der Waals surface area contributed by atoms with Gasteiger partial charge in [0.1, 0.15) is 17.3 Å². The largest absolute Gasteiger partial charge is 0.386 e. The molecular formula is C15H12F2N4O. The first-order chi connectivity index (χ1) is 10.6. The van der Waals surface area contributed by atoms with Gasteiger partial charge in [-0.1, -0.05) is 6.07 Å². The summed E-state index contributed by atoms with van der Waals surface area (Å²) in [5.41, 5.74) is 0.569. The SMILES string of the molecule is OC(Cn1ccnc1-c1cnccn1)c1ccc(F)cc1F. The second-order valence-electron chi connectivity index (χ2n) is 4.68. The van der Waals surface area contributed by atoms with E-state index in [1.165, 1.54) is 12.3 Å². The number of benzene rings is 1. The molecule has 5 nitrogen and oxygen atoms in total. The standard InChI is InChI=1S/C15H12F2N4O/c16-10-1-2-11(12(17)7-10)14(22)9-21-6-5-20-15(21)13-8-18-3-4-19-13/h1-8,14,22H,9H2. The second kappa shape index (κ2) is 5.98. The summed E-state index contributed by atoms with van der Waals surface area (Å²) in [6, 6.07) is 3.09. The molecule has 112 valence electrons. The van der Waals surface area contributed by atoms with E-state index < -0.39 is 17.7 Å². The molecule has 0 saturated carbocycles. The van der Waals surface area contributed by atoms with E-state index in [9.17, 15) is 13.9 Å². The van der Waals surface area contributed by atoms with Gasteiger partial charge in [0.05, 0.1) is 18.8 Å². The van der Waals surface area contributed by atoms with Crippen LogP contribution in [0.5, 0.6) is 0 Å². The van der Waals surface area contributed by atoms with Crippen LogP contribution in [0.15, 0.2) is 49.2 Å². The zero-order chi connectivity index (χ0) is 15.5. The molecule has 1 atom stereocenters. The summed E-state index contributed by atoms with van der Waals surface area (Å²) in [4.78, 5) is 12.3. The van der Waals surface area contributed by atoms with Crippen LogP contribution in [-0.4, -0.2) is 24.6 Å². The summed E-state index contributed by atoms with van der Waals surface area (Å²) in [5, 5.41) is 10.2. The molecule has 3 aromatic rings. The Morgan fingerprint density at radius 3 is 2.73 bits per heavy atom. The first kappa shape index (κ1) is 14.3. The molecule has 2 aromatic heterocycles. The Morgan fingerprint density at radius 2 is 2.00 bits per heavy atom. The third-order valence-electron chi connectivity index (χ3n) is 3.20. The molecule has 1 N–H and O–H groups in total. The van der Waals surface area contributed by atoms with Crippen LogP contribution in [0.4, 0.5) is 8.78 Å². The third kappa shape index (κ3) is 2.84. The van der Waals surface area contributed by atoms with Gasteiger partial charge in [-0.2, -0.15) is 0 Å². The van der Waals surface area contributed by atoms with Gasteiger partial charge in [0, 0.05) is 36.4 Å². The Kier molecular flexibility index (Phi) is 3.88. The molecule has 2 heterocycles. The molecule has 3 rings (SSSR count). The molecule has 7 heteroatoms. The predicted octanol–water partition coefficient (Wildman–Crippen LogP) is 2.35. The Hall–Kier alpha value is -2.67. The van der Waals surface area contributed by atoms with Gasteiger partial charge in [-0.05, 0) is 6.07 Å². The third-order valence-corrected chi connectivity index (χ3v) is 3.20. The van der Waals surface area contributed by atoms with Crippen molar-refractivity contribution in [2.75, 3.05) is 0 Å². The van der Waals surface area contributed by atoms with E-state index in [0.717, 1.165) is 12.1 Å². The maximum Gasteiger partial charge on any atom is 0.160 e. The average molecular weight is 302 g/mol. The summed E-state index contributed by atoms with van der Waals surface area (Å²) in [6.07, 6.45) is 6.69. The van der Waals surface area contributed by atoms with Crippen LogP contribution in [0.1, 0.15) is 11.7 Å². The normalized spacial score (nSPS) is 12.3. The smallest absolute Gasteiger partial charge is 0.160 e. The van der Waals surface area contributed by atoms with Crippen molar-refractivity contribution in [1.82, 2.24) is 19.5 Å². The van der Waals surface area contributed by atoms with Gasteiger partial charge in [0.25, 0.3) is 0 Å². The zero-order valence-electron chi connectivity index (χ0n) is 11.4. The minimum Gasteiger partial charge on any atom is -0.386 e. The quantitative estimate of drug-likeness (QED) is 0.803. The minimum atomic E-state index is -1.13. The molecule has 0 amide bonds. The van der Waals surface area contributed by atoms with Crippen molar-refractivity contribution in [2.24, 2.45) is 0 Å². The molecule has 1 aromatic carbocycles. The summed E-state index contributed by atoms with van der Waals surface area (Å²) < 4.78 is 28.3. The minimum absolute atomic E-state index is 0.0280. The van der Waals surface area contributed by atoms with Crippen LogP contribution in [0.2, 0.25) is 0 Å². The molecule has 0 bridgehead atoms. The van der Waals surface area contributed by atoms with Crippen LogP contribution >= 0.6 is 0 Å². The van der Waals surface area contributed by atoms with E-state index in [4.69, 9.17) is 0 Å². The van der Waals surface area contributed by atoms with Gasteiger partial charge in [-0.3, -0.25) is 4.98 Å². The molecule has 0 aliphatic rings. The number of hydrogen-bond donors (Lipinski definition) is 1. The number of aliphatic hydroxyl groups is 1. The Balaban J connectivity index is 1.86. The zero-order valence-corrected chi connectivity index (χ0v) is 11.4. The maximum absolute atomic E-state index is 13.7. The van der Waals surface area contributed by atoms with Gasteiger partial charge in [-0.15, -0.1) is 0 Å². The van der Waals surface area contributed by atoms with Gasteiger partial charge in [0.2, 0.25) is 0 Å². The van der Waals surface area contributed by atoms with E-state index in [0.29, 0.717) is 11.5 Å². The van der Waals surface area contributed by atoms with Gasteiger partial charge in [0.15, 0.2) is 5.82 Å². The molecule has 0 fully saturated rings. The van der Waals surface area contributed by atoms with Crippen molar-refractivity contribution in [3.63, 3.8) is 0 Å². The van der Waals surface area contributed by atoms with Crippen LogP contribution in [-0.2, 0) is 6.54 Å². The van der Waals surface area contributed by atoms with Crippen molar-refractivity contribution in [3.05, 3.63) is 66.4 Å². The molecule has 0 spiro atoms. The Bertz CT molecular complexity index is 776.